The number of likely N-dealkylation sites (N-methyl/N-ethyl adjacent to an activating group) is 1. The van der Waals surface area contributed by atoms with Crippen molar-refractivity contribution in [1.29, 1.82) is 0 Å². The predicted octanol–water partition coefficient (Wildman–Crippen LogP) is 2.49. The Kier molecular flexibility index (Phi) is 6.25. The number of hydrogen-bond donors (Lipinski definition) is 1. The van der Waals surface area contributed by atoms with Crippen molar-refractivity contribution in [1.82, 2.24) is 10.2 Å². The molecule has 1 N–H and O–H groups in total. The first-order chi connectivity index (χ1) is 10.6. The van der Waals surface area contributed by atoms with Gasteiger partial charge in [-0.15, -0.1) is 0 Å². The SMILES string of the molecule is CCC(CC)C(=O)NCc1ccc(N2CCN(C)CC2)cc1. The van der Waals surface area contributed by atoms with E-state index < -0.39 is 0 Å². The molecule has 1 aliphatic rings. The minimum Gasteiger partial charge on any atom is -0.369 e. The third kappa shape index (κ3) is 4.47. The number of amides is 1. The van der Waals surface area contributed by atoms with Gasteiger partial charge < -0.3 is 15.1 Å². The van der Waals surface area contributed by atoms with Crippen LogP contribution >= 0.6 is 0 Å². The molecule has 0 bridgehead atoms. The summed E-state index contributed by atoms with van der Waals surface area (Å²) >= 11 is 0. The Bertz CT molecular complexity index is 460. The van der Waals surface area contributed by atoms with Crippen LogP contribution < -0.4 is 10.2 Å². The summed E-state index contributed by atoms with van der Waals surface area (Å²) in [5.41, 5.74) is 2.44. The molecule has 22 heavy (non-hydrogen) atoms. The van der Waals surface area contributed by atoms with Crippen molar-refractivity contribution in [2.45, 2.75) is 33.2 Å². The van der Waals surface area contributed by atoms with E-state index in [9.17, 15) is 4.79 Å². The lowest BCUT2D eigenvalue weighted by molar-refractivity contribution is -0.125. The number of nitrogens with one attached hydrogen (secondary N) is 1. The number of anilines is 1. The first-order valence-electron chi connectivity index (χ1n) is 8.44. The van der Waals surface area contributed by atoms with Gasteiger partial charge in [0.1, 0.15) is 0 Å². The highest BCUT2D eigenvalue weighted by atomic mass is 16.1. The maximum atomic E-state index is 12.0. The Hall–Kier alpha value is -1.55. The van der Waals surface area contributed by atoms with Crippen molar-refractivity contribution in [3.63, 3.8) is 0 Å². The standard InChI is InChI=1S/C18H29N3O/c1-4-16(5-2)18(22)19-14-15-6-8-17(9-7-15)21-12-10-20(3)11-13-21/h6-9,16H,4-5,10-14H2,1-3H3,(H,19,22). The summed E-state index contributed by atoms with van der Waals surface area (Å²) in [6.45, 7) is 9.17. The Morgan fingerprint density at radius 3 is 2.23 bits per heavy atom. The molecule has 4 nitrogen and oxygen atoms in total. The van der Waals surface area contributed by atoms with Gasteiger partial charge in [-0.3, -0.25) is 4.79 Å². The highest BCUT2D eigenvalue weighted by Crippen LogP contribution is 2.17. The molecule has 0 aliphatic carbocycles. The minimum atomic E-state index is 0.143. The molecule has 1 aliphatic heterocycles. The van der Waals surface area contributed by atoms with Crippen LogP contribution in [0.25, 0.3) is 0 Å². The highest BCUT2D eigenvalue weighted by molar-refractivity contribution is 5.78. The second kappa shape index (κ2) is 8.18. The van der Waals surface area contributed by atoms with Crippen LogP contribution in [0.1, 0.15) is 32.3 Å². The van der Waals surface area contributed by atoms with Gasteiger partial charge in [0, 0.05) is 44.3 Å². The molecule has 0 unspecified atom stereocenters. The molecule has 1 saturated heterocycles. The summed E-state index contributed by atoms with van der Waals surface area (Å²) in [4.78, 5) is 16.8. The monoisotopic (exact) mass is 303 g/mol. The van der Waals surface area contributed by atoms with Gasteiger partial charge in [0.15, 0.2) is 0 Å². The van der Waals surface area contributed by atoms with Gasteiger partial charge in [-0.1, -0.05) is 26.0 Å². The molecule has 1 fully saturated rings. The summed E-state index contributed by atoms with van der Waals surface area (Å²) in [5.74, 6) is 0.317. The molecule has 0 saturated carbocycles. The number of carbonyl (C=O) groups excluding carboxylic acids is 1. The fraction of sp³-hybridized carbons (Fsp3) is 0.611. The van der Waals surface area contributed by atoms with Crippen molar-refractivity contribution >= 4 is 11.6 Å². The number of carbonyl (C=O) groups is 1. The number of hydrogen-bond acceptors (Lipinski definition) is 3. The van der Waals surface area contributed by atoms with E-state index in [0.717, 1.165) is 44.6 Å². The first kappa shape index (κ1) is 16.8. The summed E-state index contributed by atoms with van der Waals surface area (Å²) in [6, 6.07) is 8.59. The third-order valence-electron chi connectivity index (χ3n) is 4.63. The van der Waals surface area contributed by atoms with Crippen LogP contribution in [-0.2, 0) is 11.3 Å². The molecule has 4 heteroatoms. The van der Waals surface area contributed by atoms with Crippen LogP contribution in [0.15, 0.2) is 24.3 Å². The number of benzene rings is 1. The van der Waals surface area contributed by atoms with E-state index in [1.807, 2.05) is 0 Å². The van der Waals surface area contributed by atoms with E-state index >= 15 is 0 Å². The predicted molar refractivity (Wildman–Crippen MR) is 92.1 cm³/mol. The molecule has 1 amide bonds. The smallest absolute Gasteiger partial charge is 0.223 e. The van der Waals surface area contributed by atoms with Crippen molar-refractivity contribution in [2.75, 3.05) is 38.1 Å². The molecular weight excluding hydrogens is 274 g/mol. The van der Waals surface area contributed by atoms with Crippen molar-refractivity contribution < 1.29 is 4.79 Å². The van der Waals surface area contributed by atoms with E-state index in [2.05, 4.69) is 60.3 Å². The van der Waals surface area contributed by atoms with Gasteiger partial charge in [-0.05, 0) is 37.6 Å². The molecule has 122 valence electrons. The lowest BCUT2D eigenvalue weighted by atomic mass is 10.0. The lowest BCUT2D eigenvalue weighted by Crippen LogP contribution is -2.44. The van der Waals surface area contributed by atoms with Gasteiger partial charge in [0.25, 0.3) is 0 Å². The first-order valence-corrected chi connectivity index (χ1v) is 8.44. The van der Waals surface area contributed by atoms with Crippen molar-refractivity contribution in [3.05, 3.63) is 29.8 Å². The summed E-state index contributed by atoms with van der Waals surface area (Å²) in [6.07, 6.45) is 1.81. The molecule has 0 atom stereocenters. The van der Waals surface area contributed by atoms with Crippen molar-refractivity contribution in [2.24, 2.45) is 5.92 Å². The van der Waals surface area contributed by atoms with E-state index in [0.29, 0.717) is 6.54 Å². The van der Waals surface area contributed by atoms with E-state index in [1.54, 1.807) is 0 Å². The maximum Gasteiger partial charge on any atom is 0.223 e. The number of rotatable bonds is 6. The average molecular weight is 303 g/mol. The van der Waals surface area contributed by atoms with Crippen LogP contribution in [0, 0.1) is 5.92 Å². The fourth-order valence-corrected chi connectivity index (χ4v) is 2.88. The second-order valence-electron chi connectivity index (χ2n) is 6.19. The average Bonchev–Trinajstić information content (AvgIpc) is 2.55. The van der Waals surface area contributed by atoms with Crippen LogP contribution in [0.5, 0.6) is 0 Å². The lowest BCUT2D eigenvalue weighted by Gasteiger charge is -2.34. The molecule has 2 rings (SSSR count). The molecule has 1 aromatic carbocycles. The number of piperazine rings is 1. The zero-order valence-electron chi connectivity index (χ0n) is 14.1. The van der Waals surface area contributed by atoms with E-state index in [-0.39, 0.29) is 11.8 Å². The molecule has 0 spiro atoms. The van der Waals surface area contributed by atoms with Gasteiger partial charge in [-0.25, -0.2) is 0 Å². The zero-order chi connectivity index (χ0) is 15.9. The Morgan fingerprint density at radius 2 is 1.68 bits per heavy atom. The maximum absolute atomic E-state index is 12.0. The fourth-order valence-electron chi connectivity index (χ4n) is 2.88. The van der Waals surface area contributed by atoms with Gasteiger partial charge in [-0.2, -0.15) is 0 Å². The summed E-state index contributed by atoms with van der Waals surface area (Å²) < 4.78 is 0. The molecule has 1 heterocycles. The Labute approximate surface area is 134 Å². The number of nitrogens with zero attached hydrogens (tertiary/aromatic N) is 2. The molecule has 0 aromatic heterocycles. The second-order valence-corrected chi connectivity index (χ2v) is 6.19. The van der Waals surface area contributed by atoms with E-state index in [1.165, 1.54) is 5.69 Å². The van der Waals surface area contributed by atoms with Crippen LogP contribution in [0.4, 0.5) is 5.69 Å². The van der Waals surface area contributed by atoms with Crippen LogP contribution in [0.3, 0.4) is 0 Å². The Balaban J connectivity index is 1.85. The highest BCUT2D eigenvalue weighted by Gasteiger charge is 2.15. The van der Waals surface area contributed by atoms with Gasteiger partial charge in [0.05, 0.1) is 0 Å². The molecule has 0 radical (unpaired) electrons. The van der Waals surface area contributed by atoms with Crippen LogP contribution in [0.2, 0.25) is 0 Å². The van der Waals surface area contributed by atoms with Gasteiger partial charge >= 0.3 is 0 Å². The minimum absolute atomic E-state index is 0.143. The summed E-state index contributed by atoms with van der Waals surface area (Å²) in [5, 5.41) is 3.05. The van der Waals surface area contributed by atoms with Gasteiger partial charge in [0.2, 0.25) is 5.91 Å². The van der Waals surface area contributed by atoms with Crippen LogP contribution in [-0.4, -0.2) is 44.0 Å². The Morgan fingerprint density at radius 1 is 1.09 bits per heavy atom. The topological polar surface area (TPSA) is 35.6 Å². The third-order valence-corrected chi connectivity index (χ3v) is 4.63. The zero-order valence-corrected chi connectivity index (χ0v) is 14.1. The molecular formula is C18H29N3O. The molecule has 1 aromatic rings. The largest absolute Gasteiger partial charge is 0.369 e. The van der Waals surface area contributed by atoms with Crippen molar-refractivity contribution in [3.8, 4) is 0 Å². The quantitative estimate of drug-likeness (QED) is 0.877. The normalized spacial score (nSPS) is 16.1. The summed E-state index contributed by atoms with van der Waals surface area (Å²) in [7, 11) is 2.17. The van der Waals surface area contributed by atoms with E-state index in [4.69, 9.17) is 0 Å².